The number of aromatic hydroxyl groups is 1. The molecule has 0 unspecified atom stereocenters. The van der Waals surface area contributed by atoms with E-state index in [1.54, 1.807) is 12.3 Å². The second-order valence-corrected chi connectivity index (χ2v) is 7.55. The molecule has 2 fully saturated rings. The molecule has 2 saturated heterocycles. The molecule has 5 rings (SSSR count). The molecule has 3 aromatic heterocycles. The number of nitrogens with zero attached hydrogens (tertiary/aromatic N) is 4. The average Bonchev–Trinajstić information content (AvgIpc) is 3.37. The predicted octanol–water partition coefficient (Wildman–Crippen LogP) is 1.95. The van der Waals surface area contributed by atoms with Gasteiger partial charge in [-0.25, -0.2) is 9.97 Å². The van der Waals surface area contributed by atoms with E-state index in [0.29, 0.717) is 23.5 Å². The summed E-state index contributed by atoms with van der Waals surface area (Å²) in [5.41, 5.74) is 2.33. The summed E-state index contributed by atoms with van der Waals surface area (Å²) in [5.74, 6) is 0.244. The van der Waals surface area contributed by atoms with Crippen LogP contribution in [0.5, 0.6) is 5.75 Å². The summed E-state index contributed by atoms with van der Waals surface area (Å²) in [6, 6.07) is 7.81. The Morgan fingerprint density at radius 1 is 1.28 bits per heavy atom. The third-order valence-corrected chi connectivity index (χ3v) is 5.54. The number of nitrogens with one attached hydrogen (secondary N) is 1. The van der Waals surface area contributed by atoms with Gasteiger partial charge in [0.2, 0.25) is 0 Å². The van der Waals surface area contributed by atoms with Crippen LogP contribution in [0.4, 0.5) is 5.82 Å². The van der Waals surface area contributed by atoms with Gasteiger partial charge in [-0.3, -0.25) is 9.78 Å². The van der Waals surface area contributed by atoms with Crippen molar-refractivity contribution < 1.29 is 14.6 Å². The van der Waals surface area contributed by atoms with Crippen LogP contribution in [0.3, 0.4) is 0 Å². The van der Waals surface area contributed by atoms with E-state index in [1.165, 1.54) is 6.20 Å². The fraction of sp³-hybridized carbons (Fsp3) is 0.333. The summed E-state index contributed by atoms with van der Waals surface area (Å²) in [4.78, 5) is 27.8. The Balaban J connectivity index is 1.36. The normalized spacial score (nSPS) is 20.4. The lowest BCUT2D eigenvalue weighted by Gasteiger charge is -2.28. The quantitative estimate of drug-likeness (QED) is 0.701. The zero-order chi connectivity index (χ0) is 20.0. The number of amides is 1. The lowest BCUT2D eigenvalue weighted by atomic mass is 10.2. The van der Waals surface area contributed by atoms with Crippen LogP contribution in [-0.4, -0.2) is 51.3 Å². The van der Waals surface area contributed by atoms with Crippen molar-refractivity contribution >= 4 is 22.6 Å². The second-order valence-electron chi connectivity index (χ2n) is 7.55. The molecule has 0 spiro atoms. The van der Waals surface area contributed by atoms with Gasteiger partial charge in [-0.05, 0) is 37.1 Å². The summed E-state index contributed by atoms with van der Waals surface area (Å²) in [6.07, 6.45) is 4.55. The fourth-order valence-corrected chi connectivity index (χ4v) is 3.95. The van der Waals surface area contributed by atoms with Gasteiger partial charge in [0, 0.05) is 30.4 Å². The Bertz CT molecular complexity index is 1090. The highest BCUT2D eigenvalue weighted by Gasteiger charge is 2.39. The van der Waals surface area contributed by atoms with E-state index < -0.39 is 5.91 Å². The minimum atomic E-state index is -0.442. The number of rotatable bonds is 4. The summed E-state index contributed by atoms with van der Waals surface area (Å²) in [7, 11) is 0. The first-order valence-electron chi connectivity index (χ1n) is 9.65. The molecule has 2 atom stereocenters. The third-order valence-electron chi connectivity index (χ3n) is 5.54. The highest BCUT2D eigenvalue weighted by Crippen LogP contribution is 2.34. The maximum Gasteiger partial charge on any atom is 0.274 e. The monoisotopic (exact) mass is 391 g/mol. The van der Waals surface area contributed by atoms with Gasteiger partial charge in [0.05, 0.1) is 30.5 Å². The molecule has 1 amide bonds. The van der Waals surface area contributed by atoms with Crippen LogP contribution in [0.2, 0.25) is 0 Å². The molecule has 5 heterocycles. The number of carbonyl (C=O) groups excluding carboxylic acids is 1. The van der Waals surface area contributed by atoms with Gasteiger partial charge in [0.25, 0.3) is 5.91 Å². The van der Waals surface area contributed by atoms with E-state index in [-0.39, 0.29) is 17.5 Å². The molecule has 2 N–H and O–H groups in total. The molecule has 0 radical (unpaired) electrons. The predicted molar refractivity (Wildman–Crippen MR) is 107 cm³/mol. The zero-order valence-electron chi connectivity index (χ0n) is 16.0. The number of morpholine rings is 1. The SMILES string of the molecule is Cc1ccc(CNC(=O)c2ncc3nc(N4C[C@@H]5C[C@H]4CO5)ccc3c2O)cn1. The standard InChI is InChI=1S/C21H21N5O3/c1-12-2-3-13(7-22-12)8-24-21(28)19-20(27)16-4-5-18(25-17(16)9-23-19)26-10-15-6-14(26)11-29-15/h2-5,7,9,14-15,27H,6,8,10-11H2,1H3,(H,24,28)/t14-,15-/m0/s1. The van der Waals surface area contributed by atoms with Crippen molar-refractivity contribution in [1.82, 2.24) is 20.3 Å². The molecular formula is C21H21N5O3. The van der Waals surface area contributed by atoms with Crippen LogP contribution >= 0.6 is 0 Å². The highest BCUT2D eigenvalue weighted by molar-refractivity contribution is 6.00. The molecule has 8 heteroatoms. The Morgan fingerprint density at radius 2 is 2.17 bits per heavy atom. The summed E-state index contributed by atoms with van der Waals surface area (Å²) in [6.45, 7) is 3.77. The van der Waals surface area contributed by atoms with Crippen molar-refractivity contribution in [3.63, 3.8) is 0 Å². The zero-order valence-corrected chi connectivity index (χ0v) is 16.0. The van der Waals surface area contributed by atoms with Gasteiger partial charge >= 0.3 is 0 Å². The van der Waals surface area contributed by atoms with E-state index in [0.717, 1.165) is 36.6 Å². The molecule has 3 aromatic rings. The minimum Gasteiger partial charge on any atom is -0.505 e. The summed E-state index contributed by atoms with van der Waals surface area (Å²) in [5, 5.41) is 13.9. The molecule has 2 aliphatic rings. The molecule has 29 heavy (non-hydrogen) atoms. The van der Waals surface area contributed by atoms with Gasteiger partial charge in [-0.2, -0.15) is 0 Å². The fourth-order valence-electron chi connectivity index (χ4n) is 3.95. The topological polar surface area (TPSA) is 100 Å². The minimum absolute atomic E-state index is 0.0132. The van der Waals surface area contributed by atoms with Crippen LogP contribution in [-0.2, 0) is 11.3 Å². The van der Waals surface area contributed by atoms with E-state index in [4.69, 9.17) is 4.74 Å². The number of carbonyl (C=O) groups is 1. The van der Waals surface area contributed by atoms with Crippen molar-refractivity contribution in [2.75, 3.05) is 18.1 Å². The number of ether oxygens (including phenoxy) is 1. The van der Waals surface area contributed by atoms with Crippen molar-refractivity contribution in [3.8, 4) is 5.75 Å². The van der Waals surface area contributed by atoms with Gasteiger partial charge < -0.3 is 20.1 Å². The lowest BCUT2D eigenvalue weighted by Crippen LogP contribution is -2.37. The molecule has 0 aliphatic carbocycles. The molecule has 0 saturated carbocycles. The summed E-state index contributed by atoms with van der Waals surface area (Å²) < 4.78 is 5.64. The number of aromatic nitrogens is 3. The molecule has 148 valence electrons. The van der Waals surface area contributed by atoms with Crippen molar-refractivity contribution in [1.29, 1.82) is 0 Å². The van der Waals surface area contributed by atoms with Gasteiger partial charge in [-0.1, -0.05) is 6.07 Å². The van der Waals surface area contributed by atoms with E-state index in [1.807, 2.05) is 25.1 Å². The Morgan fingerprint density at radius 3 is 2.90 bits per heavy atom. The van der Waals surface area contributed by atoms with Crippen LogP contribution in [0.15, 0.2) is 36.7 Å². The first kappa shape index (κ1) is 17.8. The summed E-state index contributed by atoms with van der Waals surface area (Å²) >= 11 is 0. The number of hydrogen-bond acceptors (Lipinski definition) is 7. The van der Waals surface area contributed by atoms with Crippen LogP contribution in [0.1, 0.15) is 28.2 Å². The average molecular weight is 391 g/mol. The number of hydrogen-bond donors (Lipinski definition) is 2. The Labute approximate surface area is 167 Å². The number of anilines is 1. The second kappa shape index (κ2) is 6.97. The van der Waals surface area contributed by atoms with Crippen molar-refractivity contribution in [2.24, 2.45) is 0 Å². The van der Waals surface area contributed by atoms with Crippen molar-refractivity contribution in [2.45, 2.75) is 32.0 Å². The highest BCUT2D eigenvalue weighted by atomic mass is 16.5. The van der Waals surface area contributed by atoms with E-state index in [9.17, 15) is 9.90 Å². The van der Waals surface area contributed by atoms with E-state index in [2.05, 4.69) is 25.2 Å². The molecule has 0 aromatic carbocycles. The Hall–Kier alpha value is -3.26. The van der Waals surface area contributed by atoms with Crippen molar-refractivity contribution in [3.05, 3.63) is 53.6 Å². The number of pyridine rings is 3. The molecular weight excluding hydrogens is 370 g/mol. The number of fused-ring (bicyclic) bond motifs is 3. The largest absolute Gasteiger partial charge is 0.505 e. The number of aryl methyl sites for hydroxylation is 1. The third kappa shape index (κ3) is 3.25. The smallest absolute Gasteiger partial charge is 0.274 e. The van der Waals surface area contributed by atoms with Crippen LogP contribution in [0, 0.1) is 6.92 Å². The van der Waals surface area contributed by atoms with Gasteiger partial charge in [-0.15, -0.1) is 0 Å². The molecule has 8 nitrogen and oxygen atoms in total. The maximum absolute atomic E-state index is 12.5. The van der Waals surface area contributed by atoms with Gasteiger partial charge in [0.15, 0.2) is 11.4 Å². The first-order valence-corrected chi connectivity index (χ1v) is 9.65. The molecule has 2 bridgehead atoms. The Kier molecular flexibility index (Phi) is 4.28. The van der Waals surface area contributed by atoms with Crippen LogP contribution < -0.4 is 10.2 Å². The van der Waals surface area contributed by atoms with E-state index >= 15 is 0 Å². The van der Waals surface area contributed by atoms with Crippen LogP contribution in [0.25, 0.3) is 10.9 Å². The lowest BCUT2D eigenvalue weighted by molar-refractivity contribution is 0.0943. The first-order chi connectivity index (χ1) is 14.1. The van der Waals surface area contributed by atoms with Gasteiger partial charge in [0.1, 0.15) is 5.82 Å². The molecule has 2 aliphatic heterocycles. The maximum atomic E-state index is 12.5.